The highest BCUT2D eigenvalue weighted by Gasteiger charge is 2.28. The van der Waals surface area contributed by atoms with E-state index < -0.39 is 0 Å². The van der Waals surface area contributed by atoms with Crippen molar-refractivity contribution in [3.8, 4) is 5.75 Å². The molecule has 0 atom stereocenters. The molecule has 3 rings (SSSR count). The van der Waals surface area contributed by atoms with Gasteiger partial charge in [0.25, 0.3) is 5.91 Å². The summed E-state index contributed by atoms with van der Waals surface area (Å²) in [5.41, 5.74) is 1.54. The van der Waals surface area contributed by atoms with Crippen molar-refractivity contribution < 1.29 is 14.3 Å². The van der Waals surface area contributed by atoms with Crippen molar-refractivity contribution in [1.29, 1.82) is 0 Å². The van der Waals surface area contributed by atoms with Crippen LogP contribution in [0.25, 0.3) is 0 Å². The summed E-state index contributed by atoms with van der Waals surface area (Å²) >= 11 is 0. The molecule has 136 valence electrons. The number of hydrogen-bond donors (Lipinski definition) is 1. The first-order valence-electron chi connectivity index (χ1n) is 8.78. The lowest BCUT2D eigenvalue weighted by Crippen LogP contribution is -2.43. The highest BCUT2D eigenvalue weighted by molar-refractivity contribution is 5.97. The molecule has 2 amide bonds. The van der Waals surface area contributed by atoms with Gasteiger partial charge in [0.2, 0.25) is 5.91 Å². The minimum Gasteiger partial charge on any atom is -0.496 e. The summed E-state index contributed by atoms with van der Waals surface area (Å²) in [6.07, 6.45) is 4.79. The maximum absolute atomic E-state index is 12.7. The van der Waals surface area contributed by atoms with Gasteiger partial charge in [0.05, 0.1) is 12.7 Å². The number of carbonyl (C=O) groups is 2. The van der Waals surface area contributed by atoms with E-state index in [1.54, 1.807) is 36.5 Å². The summed E-state index contributed by atoms with van der Waals surface area (Å²) in [6, 6.07) is 11.0. The Morgan fingerprint density at radius 1 is 1.19 bits per heavy atom. The molecule has 2 aromatic rings. The van der Waals surface area contributed by atoms with Gasteiger partial charge in [-0.15, -0.1) is 0 Å². The standard InChI is InChI=1S/C20H23N3O3/c1-26-18-7-3-2-6-17(18)20(25)23-11-8-16(9-12-23)19(24)22-14-15-5-4-10-21-13-15/h2-7,10,13,16H,8-9,11-12,14H2,1H3,(H,22,24). The van der Waals surface area contributed by atoms with Crippen LogP contribution in [-0.4, -0.2) is 41.9 Å². The maximum atomic E-state index is 12.7. The zero-order chi connectivity index (χ0) is 18.4. The number of nitrogens with one attached hydrogen (secondary N) is 1. The van der Waals surface area contributed by atoms with E-state index in [2.05, 4.69) is 10.3 Å². The summed E-state index contributed by atoms with van der Waals surface area (Å²) in [5.74, 6) is 0.511. The molecule has 6 heteroatoms. The van der Waals surface area contributed by atoms with Gasteiger partial charge in [-0.3, -0.25) is 14.6 Å². The van der Waals surface area contributed by atoms with Crippen LogP contribution >= 0.6 is 0 Å². The van der Waals surface area contributed by atoms with Crippen molar-refractivity contribution in [1.82, 2.24) is 15.2 Å². The van der Waals surface area contributed by atoms with E-state index in [9.17, 15) is 9.59 Å². The summed E-state index contributed by atoms with van der Waals surface area (Å²) in [5, 5.41) is 2.96. The number of para-hydroxylation sites is 1. The fourth-order valence-corrected chi connectivity index (χ4v) is 3.17. The quantitative estimate of drug-likeness (QED) is 0.895. The van der Waals surface area contributed by atoms with E-state index in [4.69, 9.17) is 4.74 Å². The fourth-order valence-electron chi connectivity index (χ4n) is 3.17. The normalized spacial score (nSPS) is 14.7. The third-order valence-electron chi connectivity index (χ3n) is 4.68. The molecule has 0 spiro atoms. The average Bonchev–Trinajstić information content (AvgIpc) is 2.72. The second-order valence-electron chi connectivity index (χ2n) is 6.35. The van der Waals surface area contributed by atoms with Crippen LogP contribution in [0.2, 0.25) is 0 Å². The Hall–Kier alpha value is -2.89. The lowest BCUT2D eigenvalue weighted by Gasteiger charge is -2.31. The van der Waals surface area contributed by atoms with E-state index in [0.717, 1.165) is 5.56 Å². The SMILES string of the molecule is COc1ccccc1C(=O)N1CCC(C(=O)NCc2cccnc2)CC1. The predicted molar refractivity (Wildman–Crippen MR) is 97.7 cm³/mol. The highest BCUT2D eigenvalue weighted by atomic mass is 16.5. The summed E-state index contributed by atoms with van der Waals surface area (Å²) in [6.45, 7) is 1.62. The van der Waals surface area contributed by atoms with Crippen LogP contribution in [0.3, 0.4) is 0 Å². The zero-order valence-electron chi connectivity index (χ0n) is 14.9. The largest absolute Gasteiger partial charge is 0.496 e. The molecule has 1 aliphatic rings. The molecule has 0 aliphatic carbocycles. The van der Waals surface area contributed by atoms with E-state index in [0.29, 0.717) is 43.8 Å². The number of amides is 2. The van der Waals surface area contributed by atoms with E-state index in [1.807, 2.05) is 24.3 Å². The maximum Gasteiger partial charge on any atom is 0.257 e. The first kappa shape index (κ1) is 17.9. The Labute approximate surface area is 153 Å². The highest BCUT2D eigenvalue weighted by Crippen LogP contribution is 2.23. The Balaban J connectivity index is 1.52. The number of likely N-dealkylation sites (tertiary alicyclic amines) is 1. The van der Waals surface area contributed by atoms with Gasteiger partial charge < -0.3 is 15.0 Å². The van der Waals surface area contributed by atoms with Crippen molar-refractivity contribution in [2.45, 2.75) is 19.4 Å². The van der Waals surface area contributed by atoms with Gasteiger partial charge in [0, 0.05) is 37.9 Å². The van der Waals surface area contributed by atoms with Crippen LogP contribution in [0.15, 0.2) is 48.8 Å². The molecule has 26 heavy (non-hydrogen) atoms. The van der Waals surface area contributed by atoms with Gasteiger partial charge >= 0.3 is 0 Å². The monoisotopic (exact) mass is 353 g/mol. The van der Waals surface area contributed by atoms with E-state index in [1.165, 1.54) is 0 Å². The molecule has 0 radical (unpaired) electrons. The first-order chi connectivity index (χ1) is 12.7. The fraction of sp³-hybridized carbons (Fsp3) is 0.350. The van der Waals surface area contributed by atoms with Crippen LogP contribution in [0.4, 0.5) is 0 Å². The number of ether oxygens (including phenoxy) is 1. The molecule has 0 unspecified atom stereocenters. The topological polar surface area (TPSA) is 71.5 Å². The molecule has 1 aromatic heterocycles. The van der Waals surface area contributed by atoms with E-state index in [-0.39, 0.29) is 17.7 Å². The van der Waals surface area contributed by atoms with Crippen molar-refractivity contribution >= 4 is 11.8 Å². The van der Waals surface area contributed by atoms with E-state index >= 15 is 0 Å². The van der Waals surface area contributed by atoms with Crippen LogP contribution in [0, 0.1) is 5.92 Å². The van der Waals surface area contributed by atoms with Crippen molar-refractivity contribution in [3.63, 3.8) is 0 Å². The molecule has 1 N–H and O–H groups in total. The molecular weight excluding hydrogens is 330 g/mol. The molecule has 1 saturated heterocycles. The van der Waals surface area contributed by atoms with Gasteiger partial charge in [0.15, 0.2) is 0 Å². The minimum absolute atomic E-state index is 0.0400. The molecule has 1 aromatic carbocycles. The number of methoxy groups -OCH3 is 1. The third kappa shape index (κ3) is 4.20. The van der Waals surface area contributed by atoms with Gasteiger partial charge in [-0.1, -0.05) is 18.2 Å². The van der Waals surface area contributed by atoms with Crippen LogP contribution < -0.4 is 10.1 Å². The molecule has 6 nitrogen and oxygen atoms in total. The smallest absolute Gasteiger partial charge is 0.257 e. The van der Waals surface area contributed by atoms with Gasteiger partial charge in [-0.05, 0) is 36.6 Å². The number of rotatable bonds is 5. The predicted octanol–water partition coefficient (Wildman–Crippen LogP) is 2.26. The van der Waals surface area contributed by atoms with Gasteiger partial charge in [-0.25, -0.2) is 0 Å². The summed E-state index contributed by atoms with van der Waals surface area (Å²) < 4.78 is 5.27. The van der Waals surface area contributed by atoms with Gasteiger partial charge in [-0.2, -0.15) is 0 Å². The van der Waals surface area contributed by atoms with Crippen LogP contribution in [-0.2, 0) is 11.3 Å². The second kappa shape index (κ2) is 8.47. The summed E-state index contributed by atoms with van der Waals surface area (Å²) in [7, 11) is 1.56. The Morgan fingerprint density at radius 3 is 2.65 bits per heavy atom. The van der Waals surface area contributed by atoms with Gasteiger partial charge in [0.1, 0.15) is 5.75 Å². The molecule has 0 saturated carbocycles. The lowest BCUT2D eigenvalue weighted by molar-refractivity contribution is -0.126. The lowest BCUT2D eigenvalue weighted by atomic mass is 9.95. The molecule has 2 heterocycles. The molecular formula is C20H23N3O3. The average molecular weight is 353 g/mol. The van der Waals surface area contributed by atoms with Crippen molar-refractivity contribution in [2.75, 3.05) is 20.2 Å². The Morgan fingerprint density at radius 2 is 1.96 bits per heavy atom. The van der Waals surface area contributed by atoms with Crippen molar-refractivity contribution in [3.05, 3.63) is 59.9 Å². The number of aromatic nitrogens is 1. The Bertz CT molecular complexity index is 756. The van der Waals surface area contributed by atoms with Crippen LogP contribution in [0.1, 0.15) is 28.8 Å². The number of piperidine rings is 1. The number of nitrogens with zero attached hydrogens (tertiary/aromatic N) is 2. The minimum atomic E-state index is -0.0617. The zero-order valence-corrected chi connectivity index (χ0v) is 14.9. The van der Waals surface area contributed by atoms with Crippen molar-refractivity contribution in [2.24, 2.45) is 5.92 Å². The first-order valence-corrected chi connectivity index (χ1v) is 8.78. The Kier molecular flexibility index (Phi) is 5.84. The second-order valence-corrected chi connectivity index (χ2v) is 6.35. The molecule has 1 aliphatic heterocycles. The molecule has 0 bridgehead atoms. The summed E-state index contributed by atoms with van der Waals surface area (Å²) in [4.78, 5) is 30.9. The number of carbonyl (C=O) groups excluding carboxylic acids is 2. The number of hydrogen-bond acceptors (Lipinski definition) is 4. The third-order valence-corrected chi connectivity index (χ3v) is 4.68. The number of pyridine rings is 1. The number of benzene rings is 1. The molecule has 1 fully saturated rings. The van der Waals surface area contributed by atoms with Crippen LogP contribution in [0.5, 0.6) is 5.75 Å².